The van der Waals surface area contributed by atoms with Crippen LogP contribution in [0.4, 0.5) is 0 Å². The predicted octanol–water partition coefficient (Wildman–Crippen LogP) is 4.85. The van der Waals surface area contributed by atoms with E-state index in [1.54, 1.807) is 6.07 Å². The average molecular weight is 440 g/mol. The predicted molar refractivity (Wildman–Crippen MR) is 90.7 cm³/mol. The summed E-state index contributed by atoms with van der Waals surface area (Å²) in [5.41, 5.74) is 2.31. The van der Waals surface area contributed by atoms with Crippen LogP contribution in [-0.2, 0) is 0 Å². The molecule has 100 valence electrons. The maximum absolute atomic E-state index is 12.7. The van der Waals surface area contributed by atoms with Gasteiger partial charge in [-0.3, -0.25) is 4.79 Å². The number of carbonyl (C=O) groups is 1. The highest BCUT2D eigenvalue weighted by atomic mass is 127. The zero-order valence-electron chi connectivity index (χ0n) is 10.7. The summed E-state index contributed by atoms with van der Waals surface area (Å²) < 4.78 is 1.69. The topological polar surface area (TPSA) is 40.9 Å². The van der Waals surface area contributed by atoms with Crippen molar-refractivity contribution in [2.24, 2.45) is 0 Å². The number of ketones is 1. The number of aryl methyl sites for hydroxylation is 1. The summed E-state index contributed by atoms with van der Waals surface area (Å²) in [6, 6.07) is 15.2. The van der Waals surface area contributed by atoms with Crippen molar-refractivity contribution in [3.05, 3.63) is 67.2 Å². The zero-order valence-corrected chi connectivity index (χ0v) is 14.5. The largest absolute Gasteiger partial charge is 0.292 e. The van der Waals surface area contributed by atoms with E-state index < -0.39 is 5.92 Å². The van der Waals surface area contributed by atoms with Crippen LogP contribution < -0.4 is 0 Å². The summed E-state index contributed by atoms with van der Waals surface area (Å²) in [5.74, 6) is -0.925. The standard InChI is InChI=1S/C16H11BrINO/c1-10-4-2-3-5-12(10)14(9-19)16(20)13-8-11(17)6-7-15(13)18/h2-8,14H,1H3. The van der Waals surface area contributed by atoms with Crippen molar-refractivity contribution < 1.29 is 4.79 Å². The molecule has 0 saturated heterocycles. The number of rotatable bonds is 3. The maximum Gasteiger partial charge on any atom is 0.185 e. The molecule has 1 atom stereocenters. The summed E-state index contributed by atoms with van der Waals surface area (Å²) in [6.07, 6.45) is 0. The van der Waals surface area contributed by atoms with Gasteiger partial charge in [-0.15, -0.1) is 0 Å². The second kappa shape index (κ2) is 6.51. The number of halogens is 2. The number of benzene rings is 2. The van der Waals surface area contributed by atoms with Gasteiger partial charge in [0.05, 0.1) is 6.07 Å². The van der Waals surface area contributed by atoms with Gasteiger partial charge in [-0.1, -0.05) is 40.2 Å². The minimum atomic E-state index is -0.765. The fourth-order valence-electron chi connectivity index (χ4n) is 2.02. The van der Waals surface area contributed by atoms with E-state index in [0.717, 1.165) is 19.2 Å². The minimum Gasteiger partial charge on any atom is -0.292 e. The third-order valence-electron chi connectivity index (χ3n) is 3.08. The van der Waals surface area contributed by atoms with Gasteiger partial charge in [-0.05, 0) is 58.8 Å². The first-order chi connectivity index (χ1) is 9.54. The Balaban J connectivity index is 2.48. The van der Waals surface area contributed by atoms with Crippen molar-refractivity contribution in [3.8, 4) is 6.07 Å². The molecule has 0 amide bonds. The lowest BCUT2D eigenvalue weighted by molar-refractivity contribution is 0.0977. The van der Waals surface area contributed by atoms with E-state index in [1.807, 2.05) is 43.3 Å². The first kappa shape index (κ1) is 15.2. The van der Waals surface area contributed by atoms with Crippen LogP contribution in [0, 0.1) is 21.8 Å². The Morgan fingerprint density at radius 1 is 1.30 bits per heavy atom. The third kappa shape index (κ3) is 3.10. The van der Waals surface area contributed by atoms with E-state index >= 15 is 0 Å². The molecule has 2 nitrogen and oxygen atoms in total. The lowest BCUT2D eigenvalue weighted by atomic mass is 9.89. The van der Waals surface area contributed by atoms with Crippen LogP contribution in [0.2, 0.25) is 0 Å². The number of hydrogen-bond donors (Lipinski definition) is 0. The summed E-state index contributed by atoms with van der Waals surface area (Å²) in [4.78, 5) is 12.7. The lowest BCUT2D eigenvalue weighted by Crippen LogP contribution is -2.13. The molecule has 0 aliphatic heterocycles. The summed E-state index contributed by atoms with van der Waals surface area (Å²) in [5, 5.41) is 9.41. The van der Waals surface area contributed by atoms with Crippen LogP contribution in [-0.4, -0.2) is 5.78 Å². The number of hydrogen-bond acceptors (Lipinski definition) is 2. The summed E-state index contributed by atoms with van der Waals surface area (Å²) in [6.45, 7) is 1.92. The van der Waals surface area contributed by atoms with Gasteiger partial charge in [0.25, 0.3) is 0 Å². The first-order valence-corrected chi connectivity index (χ1v) is 7.86. The molecule has 2 rings (SSSR count). The van der Waals surface area contributed by atoms with Gasteiger partial charge in [-0.2, -0.15) is 5.26 Å². The molecule has 1 unspecified atom stereocenters. The Morgan fingerprint density at radius 3 is 2.65 bits per heavy atom. The van der Waals surface area contributed by atoms with Gasteiger partial charge >= 0.3 is 0 Å². The van der Waals surface area contributed by atoms with Gasteiger partial charge in [0.15, 0.2) is 5.78 Å². The van der Waals surface area contributed by atoms with Gasteiger partial charge in [0.2, 0.25) is 0 Å². The SMILES string of the molecule is Cc1ccccc1C(C#N)C(=O)c1cc(Br)ccc1I. The molecule has 0 radical (unpaired) electrons. The molecule has 2 aromatic carbocycles. The van der Waals surface area contributed by atoms with E-state index in [0.29, 0.717) is 5.56 Å². The summed E-state index contributed by atoms with van der Waals surface area (Å²) in [7, 11) is 0. The highest BCUT2D eigenvalue weighted by Crippen LogP contribution is 2.27. The van der Waals surface area contributed by atoms with Crippen LogP contribution in [0.25, 0.3) is 0 Å². The maximum atomic E-state index is 12.7. The van der Waals surface area contributed by atoms with Gasteiger partial charge < -0.3 is 0 Å². The van der Waals surface area contributed by atoms with Crippen molar-refractivity contribution in [1.29, 1.82) is 5.26 Å². The molecule has 0 fully saturated rings. The Bertz CT molecular complexity index is 706. The number of nitriles is 1. The fraction of sp³-hybridized carbons (Fsp3) is 0.125. The van der Waals surface area contributed by atoms with E-state index in [9.17, 15) is 10.1 Å². The number of nitrogens with zero attached hydrogens (tertiary/aromatic N) is 1. The molecule has 0 aliphatic carbocycles. The van der Waals surface area contributed by atoms with Gasteiger partial charge in [-0.25, -0.2) is 0 Å². The lowest BCUT2D eigenvalue weighted by Gasteiger charge is -2.12. The van der Waals surface area contributed by atoms with Crippen molar-refractivity contribution in [1.82, 2.24) is 0 Å². The number of carbonyl (C=O) groups excluding carboxylic acids is 1. The highest BCUT2D eigenvalue weighted by molar-refractivity contribution is 14.1. The molecular weight excluding hydrogens is 429 g/mol. The van der Waals surface area contributed by atoms with E-state index in [1.165, 1.54) is 0 Å². The third-order valence-corrected chi connectivity index (χ3v) is 4.52. The van der Waals surface area contributed by atoms with E-state index in [-0.39, 0.29) is 5.78 Å². The molecule has 2 aromatic rings. The first-order valence-electron chi connectivity index (χ1n) is 5.99. The zero-order chi connectivity index (χ0) is 14.7. The Morgan fingerprint density at radius 2 is 2.00 bits per heavy atom. The molecule has 4 heteroatoms. The van der Waals surface area contributed by atoms with Crippen LogP contribution in [0.1, 0.15) is 27.4 Å². The molecule has 0 N–H and O–H groups in total. The fourth-order valence-corrected chi connectivity index (χ4v) is 2.98. The smallest absolute Gasteiger partial charge is 0.185 e. The minimum absolute atomic E-state index is 0.160. The second-order valence-corrected chi connectivity index (χ2v) is 6.48. The van der Waals surface area contributed by atoms with Gasteiger partial charge in [0.1, 0.15) is 5.92 Å². The Labute approximate surface area is 140 Å². The molecule has 0 aromatic heterocycles. The van der Waals surface area contributed by atoms with E-state index in [4.69, 9.17) is 0 Å². The Hall–Kier alpha value is -1.19. The monoisotopic (exact) mass is 439 g/mol. The summed E-state index contributed by atoms with van der Waals surface area (Å²) >= 11 is 5.49. The van der Waals surface area contributed by atoms with Crippen LogP contribution in [0.3, 0.4) is 0 Å². The van der Waals surface area contributed by atoms with Gasteiger partial charge in [0, 0.05) is 13.6 Å². The van der Waals surface area contributed by atoms with Crippen LogP contribution in [0.15, 0.2) is 46.9 Å². The van der Waals surface area contributed by atoms with Crippen molar-refractivity contribution in [2.75, 3.05) is 0 Å². The number of Topliss-reactive ketones (excluding diaryl/α,β-unsaturated/α-hetero) is 1. The van der Waals surface area contributed by atoms with Crippen LogP contribution in [0.5, 0.6) is 0 Å². The molecule has 0 heterocycles. The molecule has 0 bridgehead atoms. The average Bonchev–Trinajstić information content (AvgIpc) is 2.44. The molecule has 20 heavy (non-hydrogen) atoms. The molecule has 0 saturated carbocycles. The Kier molecular flexibility index (Phi) is 4.95. The van der Waals surface area contributed by atoms with Crippen molar-refractivity contribution >= 4 is 44.3 Å². The molecule has 0 aliphatic rings. The van der Waals surface area contributed by atoms with Crippen LogP contribution >= 0.6 is 38.5 Å². The van der Waals surface area contributed by atoms with Crippen molar-refractivity contribution in [2.45, 2.75) is 12.8 Å². The molecule has 0 spiro atoms. The second-order valence-electron chi connectivity index (χ2n) is 4.41. The quantitative estimate of drug-likeness (QED) is 0.506. The van der Waals surface area contributed by atoms with E-state index in [2.05, 4.69) is 44.6 Å². The normalized spacial score (nSPS) is 11.7. The highest BCUT2D eigenvalue weighted by Gasteiger charge is 2.24. The van der Waals surface area contributed by atoms with Crippen molar-refractivity contribution in [3.63, 3.8) is 0 Å². The molecular formula is C16H11BrINO.